The monoisotopic (exact) mass is 258 g/mol. The van der Waals surface area contributed by atoms with Gasteiger partial charge in [0.2, 0.25) is 0 Å². The van der Waals surface area contributed by atoms with Gasteiger partial charge in [-0.1, -0.05) is 0 Å². The fraction of sp³-hybridized carbons (Fsp3) is 0.333. The van der Waals surface area contributed by atoms with Crippen LogP contribution in [0, 0.1) is 0 Å². The lowest BCUT2D eigenvalue weighted by molar-refractivity contribution is -0.123. The first kappa shape index (κ1) is 9.09. The van der Waals surface area contributed by atoms with Gasteiger partial charge in [0.05, 0.1) is 0 Å². The summed E-state index contributed by atoms with van der Waals surface area (Å²) >= 11 is 4.77. The highest BCUT2D eigenvalue weighted by Gasteiger charge is 2.34. The average Bonchev–Trinajstić information content (AvgIpc) is 2.60. The van der Waals surface area contributed by atoms with Crippen LogP contribution in [0.1, 0.15) is 23.6 Å². The molecule has 1 fully saturated rings. The molecule has 1 aliphatic carbocycles. The van der Waals surface area contributed by atoms with Crippen LogP contribution in [0.2, 0.25) is 0 Å². The molecule has 0 unspecified atom stereocenters. The number of hydrogen-bond acceptors (Lipinski definition) is 3. The summed E-state index contributed by atoms with van der Waals surface area (Å²) < 4.78 is 0.944. The molecule has 1 aliphatic rings. The van der Waals surface area contributed by atoms with Crippen LogP contribution in [0.5, 0.6) is 0 Å². The highest BCUT2D eigenvalue weighted by molar-refractivity contribution is 9.10. The third-order valence-electron chi connectivity index (χ3n) is 2.13. The lowest BCUT2D eigenvalue weighted by atomic mass is 10.1. The Morgan fingerprint density at radius 1 is 1.31 bits per heavy atom. The van der Waals surface area contributed by atoms with Gasteiger partial charge in [-0.3, -0.25) is 9.59 Å². The zero-order valence-corrected chi connectivity index (χ0v) is 9.15. The van der Waals surface area contributed by atoms with Gasteiger partial charge < -0.3 is 0 Å². The Hall–Kier alpha value is -0.480. The minimum absolute atomic E-state index is 0.0688. The van der Waals surface area contributed by atoms with Crippen LogP contribution in [0.25, 0.3) is 0 Å². The summed E-state index contributed by atoms with van der Waals surface area (Å²) in [6.45, 7) is 0. The van der Waals surface area contributed by atoms with Crippen molar-refractivity contribution in [2.45, 2.75) is 18.8 Å². The van der Waals surface area contributed by atoms with Gasteiger partial charge >= 0.3 is 0 Å². The molecule has 68 valence electrons. The molecule has 13 heavy (non-hydrogen) atoms. The molecule has 0 aliphatic heterocycles. The van der Waals surface area contributed by atoms with E-state index in [1.807, 2.05) is 11.4 Å². The third kappa shape index (κ3) is 1.60. The number of halogens is 1. The number of carbonyl (C=O) groups is 2. The summed E-state index contributed by atoms with van der Waals surface area (Å²) in [5.74, 6) is -0.324. The first-order valence-electron chi connectivity index (χ1n) is 3.98. The van der Waals surface area contributed by atoms with E-state index < -0.39 is 5.92 Å². The topological polar surface area (TPSA) is 34.1 Å². The molecular weight excluding hydrogens is 252 g/mol. The van der Waals surface area contributed by atoms with Crippen LogP contribution in [0.15, 0.2) is 15.9 Å². The summed E-state index contributed by atoms with van der Waals surface area (Å²) in [6, 6.07) is 1.86. The van der Waals surface area contributed by atoms with E-state index in [0.29, 0.717) is 12.8 Å². The number of carbonyl (C=O) groups excluding carboxylic acids is 2. The summed E-state index contributed by atoms with van der Waals surface area (Å²) in [4.78, 5) is 23.6. The van der Waals surface area contributed by atoms with E-state index >= 15 is 0 Å². The minimum Gasteiger partial charge on any atom is -0.298 e. The molecule has 2 nitrogen and oxygen atoms in total. The molecule has 0 N–H and O–H groups in total. The van der Waals surface area contributed by atoms with Gasteiger partial charge in [0.15, 0.2) is 0 Å². The SMILES string of the molecule is O=C1CCC(=O)C1c1cc(Br)cs1. The summed E-state index contributed by atoms with van der Waals surface area (Å²) in [7, 11) is 0. The quantitative estimate of drug-likeness (QED) is 0.726. The molecule has 0 saturated heterocycles. The molecule has 0 bridgehead atoms. The first-order valence-corrected chi connectivity index (χ1v) is 5.65. The predicted octanol–water partition coefficient (Wildman–Crippen LogP) is 2.53. The molecule has 1 saturated carbocycles. The zero-order valence-electron chi connectivity index (χ0n) is 6.75. The standard InChI is InChI=1S/C9H7BrO2S/c10-5-3-8(13-4-5)9-6(11)1-2-7(9)12/h3-4,9H,1-2H2. The number of ketones is 2. The molecule has 1 heterocycles. The highest BCUT2D eigenvalue weighted by atomic mass is 79.9. The Labute approximate surface area is 88.1 Å². The Bertz CT molecular complexity index is 353. The van der Waals surface area contributed by atoms with Crippen LogP contribution >= 0.6 is 27.3 Å². The third-order valence-corrected chi connectivity index (χ3v) is 3.89. The number of rotatable bonds is 1. The average molecular weight is 259 g/mol. The maximum Gasteiger partial charge on any atom is 0.149 e. The number of hydrogen-bond donors (Lipinski definition) is 0. The zero-order chi connectivity index (χ0) is 9.42. The molecule has 0 aromatic carbocycles. The second kappa shape index (κ2) is 3.35. The van der Waals surface area contributed by atoms with E-state index in [2.05, 4.69) is 15.9 Å². The van der Waals surface area contributed by atoms with Crippen molar-refractivity contribution in [3.63, 3.8) is 0 Å². The van der Waals surface area contributed by atoms with E-state index in [1.54, 1.807) is 0 Å². The molecule has 1 aromatic heterocycles. The smallest absolute Gasteiger partial charge is 0.149 e. The maximum absolute atomic E-state index is 11.4. The van der Waals surface area contributed by atoms with Crippen molar-refractivity contribution in [1.29, 1.82) is 0 Å². The van der Waals surface area contributed by atoms with E-state index in [-0.39, 0.29) is 11.6 Å². The van der Waals surface area contributed by atoms with Crippen LogP contribution in [0.4, 0.5) is 0 Å². The second-order valence-corrected chi connectivity index (χ2v) is 4.89. The summed E-state index contributed by atoms with van der Waals surface area (Å²) in [6.07, 6.45) is 0.831. The van der Waals surface area contributed by atoms with Crippen molar-refractivity contribution in [2.24, 2.45) is 0 Å². The van der Waals surface area contributed by atoms with Gasteiger partial charge in [-0.15, -0.1) is 11.3 Å². The molecule has 4 heteroatoms. The molecule has 1 aromatic rings. The number of Topliss-reactive ketones (excluding diaryl/α,β-unsaturated/α-hetero) is 2. The Kier molecular flexibility index (Phi) is 2.34. The van der Waals surface area contributed by atoms with E-state index in [9.17, 15) is 9.59 Å². The van der Waals surface area contributed by atoms with Crippen LogP contribution in [-0.2, 0) is 9.59 Å². The van der Waals surface area contributed by atoms with Crippen molar-refractivity contribution >= 4 is 38.8 Å². The van der Waals surface area contributed by atoms with E-state index in [1.165, 1.54) is 11.3 Å². The second-order valence-electron chi connectivity index (χ2n) is 3.03. The van der Waals surface area contributed by atoms with Crippen LogP contribution in [-0.4, -0.2) is 11.6 Å². The van der Waals surface area contributed by atoms with Gasteiger partial charge in [0, 0.05) is 27.6 Å². The molecule has 0 radical (unpaired) electrons. The Morgan fingerprint density at radius 2 is 1.92 bits per heavy atom. The lowest BCUT2D eigenvalue weighted by Crippen LogP contribution is -2.09. The predicted molar refractivity (Wildman–Crippen MR) is 54.0 cm³/mol. The van der Waals surface area contributed by atoms with E-state index in [0.717, 1.165) is 9.35 Å². The molecule has 0 atom stereocenters. The summed E-state index contributed by atoms with van der Waals surface area (Å²) in [5.41, 5.74) is 0. The lowest BCUT2D eigenvalue weighted by Gasteiger charge is -2.01. The van der Waals surface area contributed by atoms with Crippen LogP contribution in [0.3, 0.4) is 0 Å². The van der Waals surface area contributed by atoms with Crippen molar-refractivity contribution in [1.82, 2.24) is 0 Å². The van der Waals surface area contributed by atoms with Crippen LogP contribution < -0.4 is 0 Å². The molecule has 0 spiro atoms. The van der Waals surface area contributed by atoms with Gasteiger partial charge in [0.1, 0.15) is 17.5 Å². The summed E-state index contributed by atoms with van der Waals surface area (Å²) in [5, 5.41) is 1.90. The normalized spacial score (nSPS) is 18.5. The number of thiophene rings is 1. The maximum atomic E-state index is 11.4. The van der Waals surface area contributed by atoms with Crippen molar-refractivity contribution in [3.05, 3.63) is 20.8 Å². The van der Waals surface area contributed by atoms with Crippen molar-refractivity contribution in [2.75, 3.05) is 0 Å². The molecular formula is C9H7BrO2S. The fourth-order valence-electron chi connectivity index (χ4n) is 1.51. The Morgan fingerprint density at radius 3 is 2.38 bits per heavy atom. The van der Waals surface area contributed by atoms with Crippen molar-refractivity contribution in [3.8, 4) is 0 Å². The fourth-order valence-corrected chi connectivity index (χ4v) is 3.10. The molecule has 2 rings (SSSR count). The van der Waals surface area contributed by atoms with Gasteiger partial charge in [-0.05, 0) is 22.0 Å². The highest BCUT2D eigenvalue weighted by Crippen LogP contribution is 2.33. The molecule has 0 amide bonds. The van der Waals surface area contributed by atoms with Gasteiger partial charge in [-0.2, -0.15) is 0 Å². The largest absolute Gasteiger partial charge is 0.298 e. The Balaban J connectivity index is 2.35. The van der Waals surface area contributed by atoms with Crippen molar-refractivity contribution < 1.29 is 9.59 Å². The minimum atomic E-state index is -0.462. The van der Waals surface area contributed by atoms with Gasteiger partial charge in [-0.25, -0.2) is 0 Å². The van der Waals surface area contributed by atoms with Gasteiger partial charge in [0.25, 0.3) is 0 Å². The first-order chi connectivity index (χ1) is 6.18. The van der Waals surface area contributed by atoms with E-state index in [4.69, 9.17) is 0 Å².